The van der Waals surface area contributed by atoms with Gasteiger partial charge in [0.15, 0.2) is 5.96 Å². The number of nitrogens with one attached hydrogen (secondary N) is 2. The van der Waals surface area contributed by atoms with Gasteiger partial charge in [-0.15, -0.1) is 11.3 Å². The number of aryl methyl sites for hydroxylation is 1. The first-order valence-corrected chi connectivity index (χ1v) is 10.00. The normalized spacial score (nSPS) is 13.3. The highest BCUT2D eigenvalue weighted by Crippen LogP contribution is 2.16. The highest BCUT2D eigenvalue weighted by molar-refractivity contribution is 7.11. The summed E-state index contributed by atoms with van der Waals surface area (Å²) in [5, 5.41) is 6.92. The Morgan fingerprint density at radius 3 is 2.50 bits per heavy atom. The molecule has 1 heterocycles. The maximum Gasteiger partial charge on any atom is 0.191 e. The van der Waals surface area contributed by atoms with E-state index in [1.807, 2.05) is 18.4 Å². The van der Waals surface area contributed by atoms with Gasteiger partial charge in [0.25, 0.3) is 0 Å². The van der Waals surface area contributed by atoms with Gasteiger partial charge in [-0.3, -0.25) is 4.99 Å². The predicted molar refractivity (Wildman–Crippen MR) is 108 cm³/mol. The average Bonchev–Trinajstić information content (AvgIpc) is 2.93. The van der Waals surface area contributed by atoms with Gasteiger partial charge in [-0.2, -0.15) is 0 Å². The maximum atomic E-state index is 4.33. The van der Waals surface area contributed by atoms with Crippen LogP contribution in [0.2, 0.25) is 0 Å². The summed E-state index contributed by atoms with van der Waals surface area (Å²) < 4.78 is 0. The van der Waals surface area contributed by atoms with Crippen LogP contribution >= 0.6 is 11.3 Å². The molecule has 0 aliphatic rings. The lowest BCUT2D eigenvalue weighted by Crippen LogP contribution is -2.43. The molecule has 1 atom stereocenters. The van der Waals surface area contributed by atoms with Crippen molar-refractivity contribution in [3.63, 3.8) is 0 Å². The SMILES string of the molecule is CN=C(NCCCCCCCN(C)C)NC(C)Cc1ccc(C)s1. The van der Waals surface area contributed by atoms with Crippen LogP contribution in [0.1, 0.15) is 48.8 Å². The molecule has 5 heteroatoms. The van der Waals surface area contributed by atoms with Gasteiger partial charge in [0, 0.05) is 35.8 Å². The van der Waals surface area contributed by atoms with Gasteiger partial charge in [-0.1, -0.05) is 19.3 Å². The Bertz CT molecular complexity index is 468. The van der Waals surface area contributed by atoms with Crippen molar-refractivity contribution < 1.29 is 0 Å². The minimum atomic E-state index is 0.389. The summed E-state index contributed by atoms with van der Waals surface area (Å²) in [6.45, 7) is 6.58. The third-order valence-corrected chi connectivity index (χ3v) is 5.01. The minimum Gasteiger partial charge on any atom is -0.356 e. The molecule has 0 aromatic carbocycles. The van der Waals surface area contributed by atoms with E-state index in [2.05, 4.69) is 60.6 Å². The van der Waals surface area contributed by atoms with Gasteiger partial charge < -0.3 is 15.5 Å². The van der Waals surface area contributed by atoms with Crippen LogP contribution < -0.4 is 10.6 Å². The van der Waals surface area contributed by atoms with Crippen molar-refractivity contribution in [2.24, 2.45) is 4.99 Å². The summed E-state index contributed by atoms with van der Waals surface area (Å²) in [5.74, 6) is 0.920. The molecule has 0 radical (unpaired) electrons. The molecule has 0 saturated carbocycles. The number of nitrogens with zero attached hydrogens (tertiary/aromatic N) is 2. The Labute approximate surface area is 152 Å². The molecule has 4 nitrogen and oxygen atoms in total. The molecule has 0 bridgehead atoms. The molecule has 0 amide bonds. The largest absolute Gasteiger partial charge is 0.356 e. The second-order valence-corrected chi connectivity index (χ2v) is 8.20. The Morgan fingerprint density at radius 2 is 1.88 bits per heavy atom. The van der Waals surface area contributed by atoms with Gasteiger partial charge in [0.2, 0.25) is 0 Å². The van der Waals surface area contributed by atoms with Crippen LogP contribution in [0.4, 0.5) is 0 Å². The van der Waals surface area contributed by atoms with E-state index in [4.69, 9.17) is 0 Å². The van der Waals surface area contributed by atoms with E-state index in [0.717, 1.165) is 18.9 Å². The van der Waals surface area contributed by atoms with Gasteiger partial charge in [-0.05, 0) is 59.5 Å². The average molecular weight is 353 g/mol. The van der Waals surface area contributed by atoms with Gasteiger partial charge in [0.05, 0.1) is 0 Å². The number of hydrogen-bond acceptors (Lipinski definition) is 3. The summed E-state index contributed by atoms with van der Waals surface area (Å²) in [4.78, 5) is 9.40. The molecule has 1 aromatic heterocycles. The van der Waals surface area contributed by atoms with Crippen molar-refractivity contribution in [1.29, 1.82) is 0 Å². The molecule has 24 heavy (non-hydrogen) atoms. The van der Waals surface area contributed by atoms with Crippen LogP contribution in [0.5, 0.6) is 0 Å². The fourth-order valence-corrected chi connectivity index (χ4v) is 3.68. The Kier molecular flexibility index (Phi) is 10.8. The molecule has 0 saturated heterocycles. The highest BCUT2D eigenvalue weighted by Gasteiger charge is 2.07. The van der Waals surface area contributed by atoms with E-state index < -0.39 is 0 Å². The summed E-state index contributed by atoms with van der Waals surface area (Å²) in [5.41, 5.74) is 0. The summed E-state index contributed by atoms with van der Waals surface area (Å²) in [6, 6.07) is 4.81. The zero-order valence-electron chi connectivity index (χ0n) is 16.2. The van der Waals surface area contributed by atoms with Crippen molar-refractivity contribution >= 4 is 17.3 Å². The van der Waals surface area contributed by atoms with Crippen molar-refractivity contribution in [2.45, 2.75) is 58.4 Å². The summed E-state index contributed by atoms with van der Waals surface area (Å²) in [6.07, 6.45) is 7.52. The molecular weight excluding hydrogens is 316 g/mol. The third kappa shape index (κ3) is 9.93. The first-order chi connectivity index (χ1) is 11.5. The fraction of sp³-hybridized carbons (Fsp3) is 0.737. The molecule has 0 spiro atoms. The second-order valence-electron chi connectivity index (χ2n) is 6.83. The smallest absolute Gasteiger partial charge is 0.191 e. The molecule has 2 N–H and O–H groups in total. The lowest BCUT2D eigenvalue weighted by Gasteiger charge is -2.17. The van der Waals surface area contributed by atoms with Crippen LogP contribution in [0.3, 0.4) is 0 Å². The molecule has 0 aliphatic carbocycles. The van der Waals surface area contributed by atoms with Crippen LogP contribution in [0.25, 0.3) is 0 Å². The first-order valence-electron chi connectivity index (χ1n) is 9.18. The summed E-state index contributed by atoms with van der Waals surface area (Å²) in [7, 11) is 6.13. The van der Waals surface area contributed by atoms with E-state index in [1.165, 1.54) is 48.4 Å². The molecule has 0 aliphatic heterocycles. The molecule has 1 aromatic rings. The van der Waals surface area contributed by atoms with E-state index in [9.17, 15) is 0 Å². The molecule has 1 unspecified atom stereocenters. The first kappa shape index (κ1) is 21.0. The maximum absolute atomic E-state index is 4.33. The number of thiophene rings is 1. The van der Waals surface area contributed by atoms with Gasteiger partial charge in [-0.25, -0.2) is 0 Å². The number of hydrogen-bond donors (Lipinski definition) is 2. The van der Waals surface area contributed by atoms with Crippen LogP contribution in [-0.4, -0.2) is 51.1 Å². The van der Waals surface area contributed by atoms with Crippen LogP contribution in [0.15, 0.2) is 17.1 Å². The monoisotopic (exact) mass is 352 g/mol. The van der Waals surface area contributed by atoms with E-state index >= 15 is 0 Å². The van der Waals surface area contributed by atoms with Gasteiger partial charge >= 0.3 is 0 Å². The molecule has 138 valence electrons. The Morgan fingerprint density at radius 1 is 1.17 bits per heavy atom. The van der Waals surface area contributed by atoms with E-state index in [0.29, 0.717) is 6.04 Å². The molecule has 0 fully saturated rings. The van der Waals surface area contributed by atoms with E-state index in [1.54, 1.807) is 0 Å². The van der Waals surface area contributed by atoms with Crippen LogP contribution in [0, 0.1) is 6.92 Å². The van der Waals surface area contributed by atoms with E-state index in [-0.39, 0.29) is 0 Å². The second kappa shape index (κ2) is 12.3. The number of aliphatic imine (C=N–C) groups is 1. The van der Waals surface area contributed by atoms with Crippen molar-refractivity contribution in [3.05, 3.63) is 21.9 Å². The molecular formula is C19H36N4S. The highest BCUT2D eigenvalue weighted by atomic mass is 32.1. The van der Waals surface area contributed by atoms with Gasteiger partial charge in [0.1, 0.15) is 0 Å². The van der Waals surface area contributed by atoms with Crippen molar-refractivity contribution in [2.75, 3.05) is 34.2 Å². The standard InChI is InChI=1S/C19H36N4S/c1-16(15-18-12-11-17(2)24-18)22-19(20-3)21-13-9-7-6-8-10-14-23(4)5/h11-12,16H,6-10,13-15H2,1-5H3,(H2,20,21,22). The Hall–Kier alpha value is -1.07. The number of guanidine groups is 1. The topological polar surface area (TPSA) is 39.7 Å². The Balaban J connectivity index is 2.10. The van der Waals surface area contributed by atoms with Crippen LogP contribution in [-0.2, 0) is 6.42 Å². The summed E-state index contributed by atoms with van der Waals surface area (Å²) >= 11 is 1.88. The molecule has 1 rings (SSSR count). The lowest BCUT2D eigenvalue weighted by molar-refractivity contribution is 0.389. The fourth-order valence-electron chi connectivity index (χ4n) is 2.67. The predicted octanol–water partition coefficient (Wildman–Crippen LogP) is 3.66. The zero-order chi connectivity index (χ0) is 17.8. The minimum absolute atomic E-state index is 0.389. The third-order valence-electron chi connectivity index (χ3n) is 3.98. The lowest BCUT2D eigenvalue weighted by atomic mass is 10.1. The van der Waals surface area contributed by atoms with Crippen molar-refractivity contribution in [1.82, 2.24) is 15.5 Å². The number of unbranched alkanes of at least 4 members (excludes halogenated alkanes) is 4. The quantitative estimate of drug-likeness (QED) is 0.363. The zero-order valence-corrected chi connectivity index (χ0v) is 17.0. The number of rotatable bonds is 11. The van der Waals surface area contributed by atoms with Crippen molar-refractivity contribution in [3.8, 4) is 0 Å².